The van der Waals surface area contributed by atoms with Crippen LogP contribution in [0.2, 0.25) is 0 Å². The molecule has 0 radical (unpaired) electrons. The summed E-state index contributed by atoms with van der Waals surface area (Å²) in [5, 5.41) is 8.69. The Labute approximate surface area is 138 Å². The summed E-state index contributed by atoms with van der Waals surface area (Å²) in [6.45, 7) is 5.45. The van der Waals surface area contributed by atoms with Gasteiger partial charge in [-0.1, -0.05) is 24.6 Å². The number of piperidine rings is 1. The van der Waals surface area contributed by atoms with Gasteiger partial charge in [0.15, 0.2) is 9.84 Å². The molecule has 1 atom stereocenters. The molecule has 1 saturated heterocycles. The predicted molar refractivity (Wildman–Crippen MR) is 90.4 cm³/mol. The van der Waals surface area contributed by atoms with Crippen molar-refractivity contribution in [2.75, 3.05) is 24.6 Å². The molecule has 0 spiro atoms. The second-order valence-electron chi connectivity index (χ2n) is 6.32. The number of hydrogen-bond acceptors (Lipinski definition) is 4. The van der Waals surface area contributed by atoms with Crippen LogP contribution in [0.1, 0.15) is 42.0 Å². The van der Waals surface area contributed by atoms with Crippen LogP contribution in [0.5, 0.6) is 0 Å². The Balaban J connectivity index is 2.13. The van der Waals surface area contributed by atoms with Gasteiger partial charge in [0.25, 0.3) is 0 Å². The first-order valence-electron chi connectivity index (χ1n) is 8.02. The molecule has 1 aliphatic rings. The zero-order valence-corrected chi connectivity index (χ0v) is 14.6. The Morgan fingerprint density at radius 2 is 2.04 bits per heavy atom. The number of benzene rings is 1. The topological polar surface area (TPSA) is 74.7 Å². The number of carboxylic acid groups (broad SMARTS) is 1. The van der Waals surface area contributed by atoms with Crippen molar-refractivity contribution >= 4 is 15.8 Å². The van der Waals surface area contributed by atoms with Gasteiger partial charge in [0.1, 0.15) is 5.75 Å². The number of sulfone groups is 1. The smallest absolute Gasteiger partial charge is 0.318 e. The highest BCUT2D eigenvalue weighted by Gasteiger charge is 2.27. The standard InChI is InChI=1S/C17H25NO4S/c1-13-6-5-7-15(14(13)2)16-8-3-4-9-18(16)10-11-23(21,22)12-17(19)20/h5-7,16H,3-4,8-12H2,1-2H3,(H,19,20). The van der Waals surface area contributed by atoms with E-state index in [4.69, 9.17) is 5.11 Å². The monoisotopic (exact) mass is 339 g/mol. The van der Waals surface area contributed by atoms with Gasteiger partial charge < -0.3 is 5.11 Å². The number of nitrogens with zero attached hydrogens (tertiary/aromatic N) is 1. The highest BCUT2D eigenvalue weighted by molar-refractivity contribution is 7.92. The van der Waals surface area contributed by atoms with E-state index in [1.54, 1.807) is 0 Å². The van der Waals surface area contributed by atoms with Crippen LogP contribution in [0.4, 0.5) is 0 Å². The maximum absolute atomic E-state index is 11.8. The molecule has 6 heteroatoms. The van der Waals surface area contributed by atoms with Crippen molar-refractivity contribution in [3.05, 3.63) is 34.9 Å². The van der Waals surface area contributed by atoms with Crippen molar-refractivity contribution in [1.29, 1.82) is 0 Å². The van der Waals surface area contributed by atoms with Gasteiger partial charge in [-0.2, -0.15) is 0 Å². The fraction of sp³-hybridized carbons (Fsp3) is 0.588. The largest absolute Gasteiger partial charge is 0.480 e. The highest BCUT2D eigenvalue weighted by atomic mass is 32.2. The summed E-state index contributed by atoms with van der Waals surface area (Å²) < 4.78 is 23.7. The normalized spacial score (nSPS) is 19.7. The molecule has 5 nitrogen and oxygen atoms in total. The number of likely N-dealkylation sites (tertiary alicyclic amines) is 1. The lowest BCUT2D eigenvalue weighted by atomic mass is 9.90. The summed E-state index contributed by atoms with van der Waals surface area (Å²) in [5.41, 5.74) is 3.77. The second kappa shape index (κ2) is 7.45. The molecule has 0 aromatic heterocycles. The van der Waals surface area contributed by atoms with Crippen LogP contribution in [0.25, 0.3) is 0 Å². The zero-order chi connectivity index (χ0) is 17.0. The number of carbonyl (C=O) groups is 1. The van der Waals surface area contributed by atoms with Crippen LogP contribution < -0.4 is 0 Å². The first kappa shape index (κ1) is 17.9. The Bertz CT molecular complexity index is 669. The molecule has 1 unspecified atom stereocenters. The average Bonchev–Trinajstić information content (AvgIpc) is 2.47. The number of aliphatic carboxylic acids is 1. The minimum Gasteiger partial charge on any atom is -0.480 e. The molecule has 0 aliphatic carbocycles. The van der Waals surface area contributed by atoms with E-state index in [1.165, 1.54) is 16.7 Å². The zero-order valence-electron chi connectivity index (χ0n) is 13.8. The fourth-order valence-electron chi connectivity index (χ4n) is 3.26. The van der Waals surface area contributed by atoms with Crippen molar-refractivity contribution in [2.24, 2.45) is 0 Å². The van der Waals surface area contributed by atoms with Gasteiger partial charge in [-0.15, -0.1) is 0 Å². The molecular weight excluding hydrogens is 314 g/mol. The summed E-state index contributed by atoms with van der Waals surface area (Å²) in [7, 11) is -3.55. The van der Waals surface area contributed by atoms with Crippen molar-refractivity contribution in [1.82, 2.24) is 4.90 Å². The maximum Gasteiger partial charge on any atom is 0.318 e. The second-order valence-corrected chi connectivity index (χ2v) is 8.51. The van der Waals surface area contributed by atoms with Crippen molar-refractivity contribution in [3.8, 4) is 0 Å². The molecular formula is C17H25NO4S. The Morgan fingerprint density at radius 3 is 2.74 bits per heavy atom. The minimum atomic E-state index is -3.55. The molecule has 0 amide bonds. The molecule has 1 N–H and O–H groups in total. The van der Waals surface area contributed by atoms with Gasteiger partial charge in [0.2, 0.25) is 0 Å². The number of carboxylic acids is 1. The number of hydrogen-bond donors (Lipinski definition) is 1. The molecule has 1 aromatic carbocycles. The van der Waals surface area contributed by atoms with E-state index in [0.717, 1.165) is 25.8 Å². The molecule has 1 aliphatic heterocycles. The van der Waals surface area contributed by atoms with E-state index in [0.29, 0.717) is 6.54 Å². The summed E-state index contributed by atoms with van der Waals surface area (Å²) in [6.07, 6.45) is 3.21. The first-order valence-corrected chi connectivity index (χ1v) is 9.84. The average molecular weight is 339 g/mol. The lowest BCUT2D eigenvalue weighted by Gasteiger charge is -2.37. The van der Waals surface area contributed by atoms with Gasteiger partial charge in [-0.3, -0.25) is 9.69 Å². The summed E-state index contributed by atoms with van der Waals surface area (Å²) in [6, 6.07) is 6.48. The van der Waals surface area contributed by atoms with Crippen LogP contribution in [-0.2, 0) is 14.6 Å². The van der Waals surface area contributed by atoms with Gasteiger partial charge >= 0.3 is 5.97 Å². The van der Waals surface area contributed by atoms with E-state index in [1.807, 2.05) is 6.07 Å². The molecule has 1 fully saturated rings. The van der Waals surface area contributed by atoms with Gasteiger partial charge in [-0.05, 0) is 49.9 Å². The van der Waals surface area contributed by atoms with E-state index >= 15 is 0 Å². The van der Waals surface area contributed by atoms with Crippen LogP contribution in [0.15, 0.2) is 18.2 Å². The molecule has 0 saturated carbocycles. The third kappa shape index (κ3) is 4.78. The third-order valence-electron chi connectivity index (χ3n) is 4.65. The van der Waals surface area contributed by atoms with Crippen LogP contribution >= 0.6 is 0 Å². The highest BCUT2D eigenvalue weighted by Crippen LogP contribution is 2.33. The lowest BCUT2D eigenvalue weighted by molar-refractivity contribution is -0.134. The fourth-order valence-corrected chi connectivity index (χ4v) is 4.30. The van der Waals surface area contributed by atoms with Crippen molar-refractivity contribution in [3.63, 3.8) is 0 Å². The number of rotatable bonds is 6. The van der Waals surface area contributed by atoms with Gasteiger partial charge in [-0.25, -0.2) is 8.42 Å². The Morgan fingerprint density at radius 1 is 1.30 bits per heavy atom. The molecule has 23 heavy (non-hydrogen) atoms. The van der Waals surface area contributed by atoms with Gasteiger partial charge in [0, 0.05) is 12.6 Å². The van der Waals surface area contributed by atoms with E-state index in [9.17, 15) is 13.2 Å². The van der Waals surface area contributed by atoms with Crippen LogP contribution in [0.3, 0.4) is 0 Å². The van der Waals surface area contributed by atoms with E-state index < -0.39 is 21.6 Å². The quantitative estimate of drug-likeness (QED) is 0.861. The van der Waals surface area contributed by atoms with E-state index in [-0.39, 0.29) is 11.8 Å². The molecule has 1 heterocycles. The van der Waals surface area contributed by atoms with Gasteiger partial charge in [0.05, 0.1) is 5.75 Å². The Hall–Kier alpha value is -1.40. The first-order chi connectivity index (χ1) is 10.8. The SMILES string of the molecule is Cc1cccc(C2CCCCN2CCS(=O)(=O)CC(=O)O)c1C. The Kier molecular flexibility index (Phi) is 5.81. The van der Waals surface area contributed by atoms with Crippen LogP contribution in [-0.4, -0.2) is 49.0 Å². The maximum atomic E-state index is 11.8. The molecule has 0 bridgehead atoms. The number of aryl methyl sites for hydroxylation is 1. The van der Waals surface area contributed by atoms with E-state index in [2.05, 4.69) is 30.9 Å². The summed E-state index contributed by atoms with van der Waals surface area (Å²) in [4.78, 5) is 12.8. The lowest BCUT2D eigenvalue weighted by Crippen LogP contribution is -2.38. The molecule has 2 rings (SSSR count). The van der Waals surface area contributed by atoms with Crippen LogP contribution in [0, 0.1) is 13.8 Å². The predicted octanol–water partition coefficient (Wildman–Crippen LogP) is 2.33. The summed E-state index contributed by atoms with van der Waals surface area (Å²) >= 11 is 0. The summed E-state index contributed by atoms with van der Waals surface area (Å²) in [5.74, 6) is -2.16. The van der Waals surface area contributed by atoms with Crippen molar-refractivity contribution in [2.45, 2.75) is 39.2 Å². The minimum absolute atomic E-state index is 0.0966. The molecule has 1 aromatic rings. The third-order valence-corrected chi connectivity index (χ3v) is 6.14. The van der Waals surface area contributed by atoms with Crippen molar-refractivity contribution < 1.29 is 18.3 Å². The molecule has 128 valence electrons.